The van der Waals surface area contributed by atoms with Gasteiger partial charge in [0, 0.05) is 6.42 Å². The summed E-state index contributed by atoms with van der Waals surface area (Å²) in [5, 5.41) is 19.4. The van der Waals surface area contributed by atoms with Crippen molar-refractivity contribution in [1.82, 2.24) is 19.5 Å². The number of ether oxygens (including phenoxy) is 1. The fourth-order valence-corrected chi connectivity index (χ4v) is 2.36. The molecule has 3 N–H and O–H groups in total. The molecule has 0 spiro atoms. The van der Waals surface area contributed by atoms with Crippen LogP contribution in [0.15, 0.2) is 17.4 Å². The number of hydrogen-bond donors (Lipinski definition) is 3. The number of aliphatic hydroxyl groups excluding tert-OH is 2. The number of imidazole rings is 1. The Hall–Kier alpha value is -1.77. The summed E-state index contributed by atoms with van der Waals surface area (Å²) < 4.78 is 7.19. The van der Waals surface area contributed by atoms with Gasteiger partial charge in [-0.1, -0.05) is 0 Å². The molecular formula is C11H14N4O4. The smallest absolute Gasteiger partial charge is 0.278 e. The van der Waals surface area contributed by atoms with Gasteiger partial charge in [0.2, 0.25) is 0 Å². The fourth-order valence-electron chi connectivity index (χ4n) is 2.36. The van der Waals surface area contributed by atoms with Crippen molar-refractivity contribution >= 4 is 11.2 Å². The maximum Gasteiger partial charge on any atom is 0.278 e. The number of fused-ring (bicyclic) bond motifs is 1. The van der Waals surface area contributed by atoms with E-state index in [1.165, 1.54) is 12.7 Å². The normalized spacial score (nSPS) is 28.9. The minimum Gasteiger partial charge on any atom is -0.391 e. The lowest BCUT2D eigenvalue weighted by atomic mass is 10.1. The predicted octanol–water partition coefficient (Wildman–Crippen LogP) is -0.851. The van der Waals surface area contributed by atoms with Crippen LogP contribution >= 0.6 is 0 Å². The molecule has 0 aromatic carbocycles. The molecule has 0 amide bonds. The van der Waals surface area contributed by atoms with Crippen molar-refractivity contribution < 1.29 is 14.9 Å². The summed E-state index contributed by atoms with van der Waals surface area (Å²) in [5.74, 6) is 0. The molecule has 3 rings (SSSR count). The van der Waals surface area contributed by atoms with E-state index in [9.17, 15) is 15.0 Å². The van der Waals surface area contributed by atoms with Gasteiger partial charge in [0.15, 0.2) is 11.2 Å². The van der Waals surface area contributed by atoms with Crippen LogP contribution in [-0.4, -0.2) is 48.0 Å². The third kappa shape index (κ3) is 1.93. The van der Waals surface area contributed by atoms with Crippen molar-refractivity contribution in [3.8, 4) is 0 Å². The first-order valence-corrected chi connectivity index (χ1v) is 5.99. The van der Waals surface area contributed by atoms with E-state index in [0.717, 1.165) is 0 Å². The number of hydrogen-bond acceptors (Lipinski definition) is 6. The van der Waals surface area contributed by atoms with Gasteiger partial charge in [-0.25, -0.2) is 9.97 Å². The summed E-state index contributed by atoms with van der Waals surface area (Å²) in [7, 11) is 0. The minimum atomic E-state index is -0.772. The van der Waals surface area contributed by atoms with E-state index < -0.39 is 24.5 Å². The molecule has 1 aliphatic heterocycles. The van der Waals surface area contributed by atoms with Crippen LogP contribution in [0.25, 0.3) is 11.2 Å². The van der Waals surface area contributed by atoms with Gasteiger partial charge in [-0.15, -0.1) is 0 Å². The Bertz CT molecular complexity index is 649. The van der Waals surface area contributed by atoms with Crippen LogP contribution < -0.4 is 5.56 Å². The first-order valence-electron chi connectivity index (χ1n) is 5.99. The summed E-state index contributed by atoms with van der Waals surface area (Å²) in [4.78, 5) is 22.0. The average Bonchev–Trinajstić information content (AvgIpc) is 2.93. The van der Waals surface area contributed by atoms with Crippen LogP contribution in [0.1, 0.15) is 19.6 Å². The molecule has 3 heterocycles. The first-order chi connectivity index (χ1) is 9.08. The Kier molecular flexibility index (Phi) is 2.85. The molecule has 1 saturated heterocycles. The van der Waals surface area contributed by atoms with E-state index in [0.29, 0.717) is 12.1 Å². The summed E-state index contributed by atoms with van der Waals surface area (Å²) in [6.07, 6.45) is 0.388. The number of nitrogens with one attached hydrogen (secondary N) is 1. The molecule has 19 heavy (non-hydrogen) atoms. The first kappa shape index (κ1) is 12.3. The molecule has 102 valence electrons. The minimum absolute atomic E-state index is 0.223. The van der Waals surface area contributed by atoms with Gasteiger partial charge in [-0.05, 0) is 6.92 Å². The van der Waals surface area contributed by atoms with Crippen molar-refractivity contribution in [2.24, 2.45) is 0 Å². The standard InChI is InChI=1S/C11H14N4O4/c1-5(16)9-6(17)2-7(19-9)15-4-14-8-10(15)12-3-13-11(8)18/h3-7,9,16-17H,2H2,1H3,(H,12,13,18). The zero-order valence-electron chi connectivity index (χ0n) is 10.2. The van der Waals surface area contributed by atoms with Crippen LogP contribution in [-0.2, 0) is 4.74 Å². The number of rotatable bonds is 2. The van der Waals surface area contributed by atoms with Crippen molar-refractivity contribution in [3.05, 3.63) is 23.0 Å². The van der Waals surface area contributed by atoms with E-state index in [4.69, 9.17) is 4.74 Å². The second kappa shape index (κ2) is 4.41. The van der Waals surface area contributed by atoms with E-state index in [-0.39, 0.29) is 11.1 Å². The number of aromatic amines is 1. The summed E-state index contributed by atoms with van der Waals surface area (Å²) >= 11 is 0. The molecule has 0 saturated carbocycles. The van der Waals surface area contributed by atoms with Crippen LogP contribution in [0.5, 0.6) is 0 Å². The Labute approximate surface area is 107 Å². The van der Waals surface area contributed by atoms with Crippen molar-refractivity contribution in [2.45, 2.75) is 37.9 Å². The topological polar surface area (TPSA) is 113 Å². The molecule has 2 aromatic heterocycles. The maximum absolute atomic E-state index is 11.5. The van der Waals surface area contributed by atoms with Crippen molar-refractivity contribution in [1.29, 1.82) is 0 Å². The Morgan fingerprint density at radius 1 is 1.58 bits per heavy atom. The van der Waals surface area contributed by atoms with Crippen LogP contribution in [0, 0.1) is 0 Å². The van der Waals surface area contributed by atoms with Crippen LogP contribution in [0.3, 0.4) is 0 Å². The molecule has 0 radical (unpaired) electrons. The van der Waals surface area contributed by atoms with Crippen molar-refractivity contribution in [3.63, 3.8) is 0 Å². The molecule has 2 aromatic rings. The van der Waals surface area contributed by atoms with Gasteiger partial charge < -0.3 is 19.9 Å². The highest BCUT2D eigenvalue weighted by Crippen LogP contribution is 2.31. The second-order valence-electron chi connectivity index (χ2n) is 4.65. The molecule has 0 aliphatic carbocycles. The highest BCUT2D eigenvalue weighted by atomic mass is 16.5. The van der Waals surface area contributed by atoms with E-state index in [2.05, 4.69) is 15.0 Å². The Morgan fingerprint density at radius 3 is 3.05 bits per heavy atom. The van der Waals surface area contributed by atoms with Gasteiger partial charge in [0.25, 0.3) is 5.56 Å². The summed E-state index contributed by atoms with van der Waals surface area (Å²) in [6.45, 7) is 1.56. The van der Waals surface area contributed by atoms with E-state index in [1.54, 1.807) is 11.5 Å². The highest BCUT2D eigenvalue weighted by Gasteiger charge is 2.38. The van der Waals surface area contributed by atoms with Gasteiger partial charge in [-0.3, -0.25) is 9.36 Å². The molecule has 8 heteroatoms. The number of aliphatic hydroxyl groups is 2. The molecule has 4 atom stereocenters. The zero-order chi connectivity index (χ0) is 13.6. The highest BCUT2D eigenvalue weighted by molar-refractivity contribution is 5.68. The van der Waals surface area contributed by atoms with Crippen LogP contribution in [0.2, 0.25) is 0 Å². The second-order valence-corrected chi connectivity index (χ2v) is 4.65. The van der Waals surface area contributed by atoms with E-state index >= 15 is 0 Å². The van der Waals surface area contributed by atoms with E-state index in [1.807, 2.05) is 0 Å². The lowest BCUT2D eigenvalue weighted by Crippen LogP contribution is -2.32. The molecule has 1 aliphatic rings. The monoisotopic (exact) mass is 266 g/mol. The lowest BCUT2D eigenvalue weighted by Gasteiger charge is -2.17. The van der Waals surface area contributed by atoms with Gasteiger partial charge >= 0.3 is 0 Å². The largest absolute Gasteiger partial charge is 0.391 e. The van der Waals surface area contributed by atoms with Gasteiger partial charge in [0.05, 0.1) is 24.9 Å². The van der Waals surface area contributed by atoms with Gasteiger partial charge in [-0.2, -0.15) is 0 Å². The molecule has 1 fully saturated rings. The number of nitrogens with zero attached hydrogens (tertiary/aromatic N) is 3. The molecule has 4 unspecified atom stereocenters. The fraction of sp³-hybridized carbons (Fsp3) is 0.545. The summed E-state index contributed by atoms with van der Waals surface area (Å²) in [6, 6.07) is 0. The lowest BCUT2D eigenvalue weighted by molar-refractivity contribution is -0.0750. The molecule has 0 bridgehead atoms. The third-order valence-electron chi connectivity index (χ3n) is 3.29. The third-order valence-corrected chi connectivity index (χ3v) is 3.29. The summed E-state index contributed by atoms with van der Waals surface area (Å²) in [5.41, 5.74) is 0.294. The van der Waals surface area contributed by atoms with Gasteiger partial charge in [0.1, 0.15) is 12.3 Å². The number of aromatic nitrogens is 4. The zero-order valence-corrected chi connectivity index (χ0v) is 10.2. The van der Waals surface area contributed by atoms with Crippen LogP contribution in [0.4, 0.5) is 0 Å². The SMILES string of the molecule is CC(O)C1OC(n2cnc3c(=O)[nH]cnc32)CC1O. The number of H-pyrrole nitrogens is 1. The van der Waals surface area contributed by atoms with Crippen molar-refractivity contribution in [2.75, 3.05) is 0 Å². The average molecular weight is 266 g/mol. The quantitative estimate of drug-likeness (QED) is 0.652. The maximum atomic E-state index is 11.5. The Balaban J connectivity index is 1.98. The predicted molar refractivity (Wildman–Crippen MR) is 64.4 cm³/mol. The molecular weight excluding hydrogens is 252 g/mol. The Morgan fingerprint density at radius 2 is 2.37 bits per heavy atom. The molecule has 8 nitrogen and oxygen atoms in total.